The number of Topliss-reactive ketones (excluding diaryl/α,β-unsaturated/α-hetero) is 1. The fraction of sp³-hybridized carbons (Fsp3) is 0.125. The zero-order valence-corrected chi connectivity index (χ0v) is 17.9. The van der Waals surface area contributed by atoms with E-state index < -0.39 is 17.7 Å². The van der Waals surface area contributed by atoms with Gasteiger partial charge in [0.25, 0.3) is 5.78 Å². The molecule has 2 heterocycles. The molecule has 1 amide bonds. The maximum absolute atomic E-state index is 13.1. The van der Waals surface area contributed by atoms with Crippen molar-refractivity contribution in [2.24, 2.45) is 0 Å². The number of rotatable bonds is 6. The van der Waals surface area contributed by atoms with Crippen LogP contribution >= 0.6 is 11.6 Å². The smallest absolute Gasteiger partial charge is 0.301 e. The average Bonchev–Trinajstić information content (AvgIpc) is 3.33. The van der Waals surface area contributed by atoms with Crippen LogP contribution in [0.2, 0.25) is 5.02 Å². The normalized spacial score (nSPS) is 17.6. The van der Waals surface area contributed by atoms with Crippen LogP contribution < -0.4 is 9.64 Å². The maximum Gasteiger partial charge on any atom is 0.301 e. The minimum atomic E-state index is -0.942. The number of carbonyl (C=O) groups excluding carboxylic acids is 2. The molecule has 1 N–H and O–H groups in total. The molecule has 0 spiro atoms. The fourth-order valence-corrected chi connectivity index (χ4v) is 3.67. The predicted molar refractivity (Wildman–Crippen MR) is 120 cm³/mol. The minimum Gasteiger partial charge on any atom is -0.507 e. The van der Waals surface area contributed by atoms with E-state index in [1.807, 2.05) is 0 Å². The highest BCUT2D eigenvalue weighted by atomic mass is 35.5. The Kier molecular flexibility index (Phi) is 5.83. The Morgan fingerprint density at radius 3 is 2.66 bits per heavy atom. The van der Waals surface area contributed by atoms with Crippen molar-refractivity contribution >= 4 is 34.9 Å². The molecule has 0 unspecified atom stereocenters. The molecule has 0 bridgehead atoms. The first-order valence-corrected chi connectivity index (χ1v) is 10.1. The molecule has 3 aromatic rings. The van der Waals surface area contributed by atoms with Gasteiger partial charge in [-0.25, -0.2) is 0 Å². The standard InChI is InChI=1S/C24H19ClN2O5/c1-3-11-31-18-6-4-5-16(13-18)21-20(22(28)15-7-9-17(25)10-8-15)23(29)24(30)27(21)19-12-14(2)32-26-19/h3-10,12-13,21,28H,1,11H2,2H3/b22-20+/t21-/m0/s1. The third-order valence-electron chi connectivity index (χ3n) is 4.97. The largest absolute Gasteiger partial charge is 0.507 e. The average molecular weight is 451 g/mol. The fourth-order valence-electron chi connectivity index (χ4n) is 3.54. The Labute approximate surface area is 189 Å². The highest BCUT2D eigenvalue weighted by Crippen LogP contribution is 2.42. The molecular formula is C24H19ClN2O5. The van der Waals surface area contributed by atoms with Crippen molar-refractivity contribution in [3.8, 4) is 5.75 Å². The number of nitrogens with zero attached hydrogens (tertiary/aromatic N) is 2. The SMILES string of the molecule is C=CCOc1cccc([C@H]2/C(=C(\O)c3ccc(Cl)cc3)C(=O)C(=O)N2c2cc(C)on2)c1. The van der Waals surface area contributed by atoms with Gasteiger partial charge in [0.2, 0.25) is 0 Å². The van der Waals surface area contributed by atoms with Crippen LogP contribution in [0.4, 0.5) is 5.82 Å². The molecule has 1 aliphatic heterocycles. The molecule has 1 fully saturated rings. The number of aromatic nitrogens is 1. The van der Waals surface area contributed by atoms with Crippen LogP contribution in [0.5, 0.6) is 5.75 Å². The first kappa shape index (κ1) is 21.4. The summed E-state index contributed by atoms with van der Waals surface area (Å²) in [7, 11) is 0. The summed E-state index contributed by atoms with van der Waals surface area (Å²) >= 11 is 5.95. The van der Waals surface area contributed by atoms with Gasteiger partial charge in [-0.15, -0.1) is 0 Å². The lowest BCUT2D eigenvalue weighted by Gasteiger charge is -2.23. The summed E-state index contributed by atoms with van der Waals surface area (Å²) in [6.07, 6.45) is 1.61. The van der Waals surface area contributed by atoms with Gasteiger partial charge >= 0.3 is 5.91 Å². The summed E-state index contributed by atoms with van der Waals surface area (Å²) in [5, 5.41) is 15.5. The van der Waals surface area contributed by atoms with Gasteiger partial charge in [0.05, 0.1) is 11.6 Å². The molecule has 1 atom stereocenters. The summed E-state index contributed by atoms with van der Waals surface area (Å²) in [5.74, 6) is -0.804. The van der Waals surface area contributed by atoms with Crippen molar-refractivity contribution in [2.45, 2.75) is 13.0 Å². The van der Waals surface area contributed by atoms with E-state index >= 15 is 0 Å². The second kappa shape index (κ2) is 8.72. The number of amides is 1. The van der Waals surface area contributed by atoms with Crippen LogP contribution in [0.15, 0.2) is 77.3 Å². The molecule has 1 aliphatic rings. The van der Waals surface area contributed by atoms with Crippen molar-refractivity contribution in [1.29, 1.82) is 0 Å². The van der Waals surface area contributed by atoms with Gasteiger partial charge in [-0.05, 0) is 48.9 Å². The highest BCUT2D eigenvalue weighted by molar-refractivity contribution is 6.51. The zero-order chi connectivity index (χ0) is 22.8. The Morgan fingerprint density at radius 2 is 2.00 bits per heavy atom. The van der Waals surface area contributed by atoms with Crippen molar-refractivity contribution in [1.82, 2.24) is 5.16 Å². The molecule has 32 heavy (non-hydrogen) atoms. The topological polar surface area (TPSA) is 92.9 Å². The Balaban J connectivity index is 1.90. The van der Waals surface area contributed by atoms with Crippen LogP contribution in [0.3, 0.4) is 0 Å². The van der Waals surface area contributed by atoms with Crippen LogP contribution in [-0.2, 0) is 9.59 Å². The monoisotopic (exact) mass is 450 g/mol. The van der Waals surface area contributed by atoms with Crippen molar-refractivity contribution in [2.75, 3.05) is 11.5 Å². The molecule has 1 aromatic heterocycles. The van der Waals surface area contributed by atoms with E-state index in [0.717, 1.165) is 0 Å². The molecule has 0 saturated carbocycles. The molecule has 8 heteroatoms. The number of aryl methyl sites for hydroxylation is 1. The number of aliphatic hydroxyl groups is 1. The number of anilines is 1. The van der Waals surface area contributed by atoms with Crippen LogP contribution in [0.25, 0.3) is 5.76 Å². The van der Waals surface area contributed by atoms with Crippen LogP contribution in [0.1, 0.15) is 22.9 Å². The van der Waals surface area contributed by atoms with Gasteiger partial charge < -0.3 is 14.4 Å². The summed E-state index contributed by atoms with van der Waals surface area (Å²) < 4.78 is 10.7. The number of hydrogen-bond donors (Lipinski definition) is 1. The number of hydrogen-bond acceptors (Lipinski definition) is 6. The second-order valence-corrected chi connectivity index (χ2v) is 7.58. The molecule has 0 aliphatic carbocycles. The highest BCUT2D eigenvalue weighted by Gasteiger charge is 2.48. The van der Waals surface area contributed by atoms with Gasteiger partial charge in [-0.1, -0.05) is 41.5 Å². The number of carbonyl (C=O) groups is 2. The summed E-state index contributed by atoms with van der Waals surface area (Å²) in [5.41, 5.74) is 0.841. The number of halogens is 1. The quantitative estimate of drug-likeness (QED) is 0.250. The first-order valence-electron chi connectivity index (χ1n) is 9.74. The lowest BCUT2D eigenvalue weighted by molar-refractivity contribution is -0.132. The third-order valence-corrected chi connectivity index (χ3v) is 5.22. The van der Waals surface area contributed by atoms with E-state index in [9.17, 15) is 14.7 Å². The predicted octanol–water partition coefficient (Wildman–Crippen LogP) is 4.83. The van der Waals surface area contributed by atoms with Crippen molar-refractivity contribution in [3.05, 3.63) is 94.7 Å². The van der Waals surface area contributed by atoms with Crippen LogP contribution in [-0.4, -0.2) is 28.6 Å². The molecule has 0 radical (unpaired) electrons. The second-order valence-electron chi connectivity index (χ2n) is 7.14. The van der Waals surface area contributed by atoms with E-state index in [2.05, 4.69) is 11.7 Å². The van der Waals surface area contributed by atoms with E-state index in [1.54, 1.807) is 67.6 Å². The first-order chi connectivity index (χ1) is 15.4. The lowest BCUT2D eigenvalue weighted by atomic mass is 9.95. The van der Waals surface area contributed by atoms with Gasteiger partial charge in [-0.2, -0.15) is 0 Å². The van der Waals surface area contributed by atoms with Crippen LogP contribution in [0, 0.1) is 6.92 Å². The summed E-state index contributed by atoms with van der Waals surface area (Å²) in [6.45, 7) is 5.60. The van der Waals surface area contributed by atoms with E-state index in [4.69, 9.17) is 20.9 Å². The number of ketones is 1. The van der Waals surface area contributed by atoms with Crippen molar-refractivity contribution < 1.29 is 24.0 Å². The molecule has 162 valence electrons. The summed E-state index contributed by atoms with van der Waals surface area (Å²) in [4.78, 5) is 27.3. The van der Waals surface area contributed by atoms with Gasteiger partial charge in [0, 0.05) is 16.7 Å². The molecule has 2 aromatic carbocycles. The lowest BCUT2D eigenvalue weighted by Crippen LogP contribution is -2.29. The van der Waals surface area contributed by atoms with E-state index in [0.29, 0.717) is 27.7 Å². The van der Waals surface area contributed by atoms with Crippen molar-refractivity contribution in [3.63, 3.8) is 0 Å². The zero-order valence-electron chi connectivity index (χ0n) is 17.1. The molecule has 4 rings (SSSR count). The Morgan fingerprint density at radius 1 is 1.25 bits per heavy atom. The number of ether oxygens (including phenoxy) is 1. The third kappa shape index (κ3) is 3.90. The van der Waals surface area contributed by atoms with Gasteiger partial charge in [0.15, 0.2) is 5.82 Å². The Bertz CT molecular complexity index is 1230. The molecule has 1 saturated heterocycles. The molecular weight excluding hydrogens is 432 g/mol. The van der Waals surface area contributed by atoms with Gasteiger partial charge in [0.1, 0.15) is 23.9 Å². The Hall–Kier alpha value is -3.84. The molecule has 7 nitrogen and oxygen atoms in total. The number of aliphatic hydroxyl groups excluding tert-OH is 1. The minimum absolute atomic E-state index is 0.0705. The van der Waals surface area contributed by atoms with E-state index in [-0.39, 0.29) is 23.8 Å². The maximum atomic E-state index is 13.1. The van der Waals surface area contributed by atoms with Gasteiger partial charge in [-0.3, -0.25) is 14.5 Å². The van der Waals surface area contributed by atoms with E-state index in [1.165, 1.54) is 4.90 Å². The number of benzene rings is 2. The summed E-state index contributed by atoms with van der Waals surface area (Å²) in [6, 6.07) is 13.9.